The number of nitrogen functional groups attached to an aromatic ring is 1. The van der Waals surface area contributed by atoms with Crippen LogP contribution in [0.2, 0.25) is 5.02 Å². The van der Waals surface area contributed by atoms with E-state index in [-0.39, 0.29) is 11.2 Å². The highest BCUT2D eigenvalue weighted by Gasteiger charge is 2.19. The fourth-order valence-electron chi connectivity index (χ4n) is 2.74. The molecule has 0 saturated carbocycles. The van der Waals surface area contributed by atoms with Crippen molar-refractivity contribution in [2.75, 3.05) is 5.73 Å². The number of hydrogen-bond donors (Lipinski definition) is 1. The molecule has 1 aromatic carbocycles. The third kappa shape index (κ3) is 2.45. The van der Waals surface area contributed by atoms with E-state index in [2.05, 4.69) is 15.1 Å². The zero-order valence-electron chi connectivity index (χ0n) is 13.2. The third-order valence-electron chi connectivity index (χ3n) is 3.91. The first-order valence-electron chi connectivity index (χ1n) is 7.49. The summed E-state index contributed by atoms with van der Waals surface area (Å²) in [5.41, 5.74) is 8.37. The molecule has 0 aliphatic heterocycles. The van der Waals surface area contributed by atoms with Gasteiger partial charge in [-0.25, -0.2) is 14.6 Å². The number of anilines is 1. The monoisotopic (exact) mass is 352 g/mol. The Balaban J connectivity index is 2.18. The molecule has 2 N–H and O–H groups in total. The summed E-state index contributed by atoms with van der Waals surface area (Å²) in [6.07, 6.45) is 2.79. The van der Waals surface area contributed by atoms with E-state index in [9.17, 15) is 4.79 Å². The number of hydrogen-bond acceptors (Lipinski definition) is 5. The van der Waals surface area contributed by atoms with Crippen LogP contribution in [0.1, 0.15) is 5.69 Å². The maximum atomic E-state index is 13.2. The Morgan fingerprint density at radius 3 is 2.56 bits per heavy atom. The fourth-order valence-corrected chi connectivity index (χ4v) is 2.87. The SMILES string of the molecule is Cc1ccc2c(N)c(-n3cncn3)c(=O)n(-c3ccc(Cl)cc3)c2n1. The minimum Gasteiger partial charge on any atom is -0.396 e. The van der Waals surface area contributed by atoms with Crippen molar-refractivity contribution in [3.63, 3.8) is 0 Å². The van der Waals surface area contributed by atoms with Crippen LogP contribution in [0.5, 0.6) is 0 Å². The van der Waals surface area contributed by atoms with Gasteiger partial charge in [-0.15, -0.1) is 0 Å². The molecule has 4 aromatic rings. The van der Waals surface area contributed by atoms with Crippen LogP contribution >= 0.6 is 11.6 Å². The van der Waals surface area contributed by atoms with Gasteiger partial charge in [0.2, 0.25) is 0 Å². The van der Waals surface area contributed by atoms with Gasteiger partial charge in [-0.2, -0.15) is 5.10 Å². The molecule has 0 aliphatic rings. The Kier molecular flexibility index (Phi) is 3.51. The zero-order chi connectivity index (χ0) is 17.6. The number of pyridine rings is 2. The molecule has 0 saturated heterocycles. The predicted molar refractivity (Wildman–Crippen MR) is 96.4 cm³/mol. The van der Waals surface area contributed by atoms with Gasteiger partial charge in [0.15, 0.2) is 5.69 Å². The quantitative estimate of drug-likeness (QED) is 0.598. The van der Waals surface area contributed by atoms with Crippen LogP contribution in [0.4, 0.5) is 5.69 Å². The smallest absolute Gasteiger partial charge is 0.284 e. The van der Waals surface area contributed by atoms with Crippen LogP contribution in [0.3, 0.4) is 0 Å². The van der Waals surface area contributed by atoms with E-state index in [1.807, 2.05) is 19.1 Å². The van der Waals surface area contributed by atoms with Crippen molar-refractivity contribution >= 4 is 28.3 Å². The molecule has 7 nitrogen and oxygen atoms in total. The van der Waals surface area contributed by atoms with E-state index in [1.165, 1.54) is 21.9 Å². The van der Waals surface area contributed by atoms with E-state index in [1.54, 1.807) is 24.3 Å². The van der Waals surface area contributed by atoms with Crippen molar-refractivity contribution in [1.29, 1.82) is 0 Å². The molecule has 3 heterocycles. The van der Waals surface area contributed by atoms with Crippen molar-refractivity contribution in [3.05, 3.63) is 70.1 Å². The molecule has 0 radical (unpaired) electrons. The van der Waals surface area contributed by atoms with E-state index in [0.717, 1.165) is 5.69 Å². The number of nitrogens with two attached hydrogens (primary N) is 1. The van der Waals surface area contributed by atoms with Crippen molar-refractivity contribution < 1.29 is 0 Å². The number of fused-ring (bicyclic) bond motifs is 1. The van der Waals surface area contributed by atoms with E-state index in [0.29, 0.717) is 27.4 Å². The topological polar surface area (TPSA) is 91.6 Å². The molecule has 0 unspecified atom stereocenters. The van der Waals surface area contributed by atoms with Gasteiger partial charge in [0, 0.05) is 16.1 Å². The Morgan fingerprint density at radius 1 is 1.12 bits per heavy atom. The highest BCUT2D eigenvalue weighted by Crippen LogP contribution is 2.26. The standard InChI is InChI=1S/C17H13ClN6O/c1-10-2-7-13-14(19)15(23-9-20-8-21-23)17(25)24(16(13)22-10)12-5-3-11(18)4-6-12/h2-9H,19H2,1H3. The van der Waals surface area contributed by atoms with Gasteiger partial charge < -0.3 is 5.73 Å². The van der Waals surface area contributed by atoms with E-state index >= 15 is 0 Å². The summed E-state index contributed by atoms with van der Waals surface area (Å²) in [5.74, 6) is 0. The van der Waals surface area contributed by atoms with Crippen molar-refractivity contribution in [2.45, 2.75) is 6.92 Å². The third-order valence-corrected chi connectivity index (χ3v) is 4.16. The Hall–Kier alpha value is -3.19. The molecule has 4 rings (SSSR count). The van der Waals surface area contributed by atoms with Gasteiger partial charge in [-0.05, 0) is 43.3 Å². The molecule has 25 heavy (non-hydrogen) atoms. The summed E-state index contributed by atoms with van der Waals surface area (Å²) in [6.45, 7) is 1.86. The summed E-state index contributed by atoms with van der Waals surface area (Å²) in [4.78, 5) is 21.6. The zero-order valence-corrected chi connectivity index (χ0v) is 14.0. The first-order chi connectivity index (χ1) is 12.1. The van der Waals surface area contributed by atoms with Crippen LogP contribution in [0.15, 0.2) is 53.8 Å². The Labute approximate surface area is 147 Å². The van der Waals surface area contributed by atoms with Crippen molar-refractivity contribution in [3.8, 4) is 11.4 Å². The number of aryl methyl sites for hydroxylation is 1. The molecule has 124 valence electrons. The largest absolute Gasteiger partial charge is 0.396 e. The van der Waals surface area contributed by atoms with Gasteiger partial charge in [-0.1, -0.05) is 11.6 Å². The average molecular weight is 353 g/mol. The fraction of sp³-hybridized carbons (Fsp3) is 0.0588. The molecule has 0 spiro atoms. The van der Waals surface area contributed by atoms with E-state index in [4.69, 9.17) is 17.3 Å². The summed E-state index contributed by atoms with van der Waals surface area (Å²) >= 11 is 5.97. The second-order valence-electron chi connectivity index (χ2n) is 5.54. The van der Waals surface area contributed by atoms with Crippen LogP contribution in [0, 0.1) is 6.92 Å². The summed E-state index contributed by atoms with van der Waals surface area (Å²) in [5, 5.41) is 5.29. The normalized spacial score (nSPS) is 11.1. The lowest BCUT2D eigenvalue weighted by molar-refractivity contribution is 0.849. The van der Waals surface area contributed by atoms with Crippen LogP contribution in [-0.4, -0.2) is 24.3 Å². The van der Waals surface area contributed by atoms with Gasteiger partial charge in [0.1, 0.15) is 18.3 Å². The van der Waals surface area contributed by atoms with Crippen molar-refractivity contribution in [1.82, 2.24) is 24.3 Å². The van der Waals surface area contributed by atoms with Crippen LogP contribution in [-0.2, 0) is 0 Å². The first kappa shape index (κ1) is 15.3. The van der Waals surface area contributed by atoms with Crippen molar-refractivity contribution in [2.24, 2.45) is 0 Å². The minimum absolute atomic E-state index is 0.227. The highest BCUT2D eigenvalue weighted by molar-refractivity contribution is 6.30. The number of halogens is 1. The van der Waals surface area contributed by atoms with Gasteiger partial charge in [0.25, 0.3) is 5.56 Å². The molecule has 0 amide bonds. The second kappa shape index (κ2) is 5.71. The predicted octanol–water partition coefficient (Wildman–Crippen LogP) is 2.51. The molecule has 0 atom stereocenters. The molecule has 3 aromatic heterocycles. The molecule has 0 bridgehead atoms. The lowest BCUT2D eigenvalue weighted by Crippen LogP contribution is -2.26. The molecule has 0 fully saturated rings. The minimum atomic E-state index is -0.337. The summed E-state index contributed by atoms with van der Waals surface area (Å²) in [7, 11) is 0. The second-order valence-corrected chi connectivity index (χ2v) is 5.98. The first-order valence-corrected chi connectivity index (χ1v) is 7.87. The average Bonchev–Trinajstić information content (AvgIpc) is 3.10. The number of benzene rings is 1. The molecule has 0 aliphatic carbocycles. The number of nitrogens with zero attached hydrogens (tertiary/aromatic N) is 5. The number of rotatable bonds is 2. The maximum absolute atomic E-state index is 13.2. The highest BCUT2D eigenvalue weighted by atomic mass is 35.5. The number of aromatic nitrogens is 5. The van der Waals surface area contributed by atoms with E-state index < -0.39 is 0 Å². The summed E-state index contributed by atoms with van der Waals surface area (Å²) < 4.78 is 2.87. The molecule has 8 heteroatoms. The Bertz CT molecular complexity index is 1130. The van der Waals surface area contributed by atoms with Crippen LogP contribution in [0.25, 0.3) is 22.4 Å². The molecular weight excluding hydrogens is 340 g/mol. The van der Waals surface area contributed by atoms with Gasteiger partial charge in [-0.3, -0.25) is 9.36 Å². The molecular formula is C17H13ClN6O. The van der Waals surface area contributed by atoms with Gasteiger partial charge >= 0.3 is 0 Å². The van der Waals surface area contributed by atoms with Gasteiger partial charge in [0.05, 0.1) is 11.4 Å². The summed E-state index contributed by atoms with van der Waals surface area (Å²) in [6, 6.07) is 10.6. The maximum Gasteiger partial charge on any atom is 0.284 e. The Morgan fingerprint density at radius 2 is 1.88 bits per heavy atom. The lowest BCUT2D eigenvalue weighted by atomic mass is 10.2. The lowest BCUT2D eigenvalue weighted by Gasteiger charge is -2.15. The van der Waals surface area contributed by atoms with Crippen LogP contribution < -0.4 is 11.3 Å².